The minimum atomic E-state index is 0.754. The quantitative estimate of drug-likeness (QED) is 0.272. The predicted octanol–water partition coefficient (Wildman–Crippen LogP) is 7.06. The topological polar surface area (TPSA) is 36.1 Å². The van der Waals surface area contributed by atoms with E-state index in [1.807, 2.05) is 0 Å². The highest BCUT2D eigenvalue weighted by molar-refractivity contribution is 5.75. The molecule has 0 aliphatic carbocycles. The van der Waals surface area contributed by atoms with Gasteiger partial charge in [-0.2, -0.15) is 0 Å². The fourth-order valence-electron chi connectivity index (χ4n) is 2.73. The predicted molar refractivity (Wildman–Crippen MR) is 138 cm³/mol. The molecule has 2 rings (SSSR count). The molecule has 0 fully saturated rings. The molecule has 0 aliphatic heterocycles. The van der Waals surface area contributed by atoms with Crippen LogP contribution in [0.5, 0.6) is 0 Å². The second-order valence-electron chi connectivity index (χ2n) is 7.85. The second-order valence-corrected chi connectivity index (χ2v) is 7.85. The van der Waals surface area contributed by atoms with E-state index in [-0.39, 0.29) is 0 Å². The number of nitrogens with one attached hydrogen (secondary N) is 3. The van der Waals surface area contributed by atoms with Crippen molar-refractivity contribution in [2.45, 2.75) is 27.7 Å². The van der Waals surface area contributed by atoms with Crippen LogP contribution in [0.2, 0.25) is 0 Å². The maximum atomic E-state index is 4.14. The lowest BCUT2D eigenvalue weighted by Crippen LogP contribution is -2.13. The summed E-state index contributed by atoms with van der Waals surface area (Å²) < 4.78 is 0. The SMILES string of the molecule is C=C(NC/C=C\CNc1ccc(NC(=C)c2ccc(C)cc2)cc1)/C(C)=C/C=C(C)C. The highest BCUT2D eigenvalue weighted by Crippen LogP contribution is 2.19. The van der Waals surface area contributed by atoms with E-state index in [2.05, 4.69) is 130 Å². The molecule has 0 radical (unpaired) electrons. The zero-order valence-corrected chi connectivity index (χ0v) is 19.3. The van der Waals surface area contributed by atoms with Crippen LogP contribution in [-0.4, -0.2) is 13.1 Å². The van der Waals surface area contributed by atoms with Crippen molar-refractivity contribution in [2.75, 3.05) is 23.7 Å². The van der Waals surface area contributed by atoms with Crippen molar-refractivity contribution in [3.8, 4) is 0 Å². The van der Waals surface area contributed by atoms with E-state index >= 15 is 0 Å². The van der Waals surface area contributed by atoms with Crippen LogP contribution in [0.15, 0.2) is 103 Å². The molecule has 0 amide bonds. The van der Waals surface area contributed by atoms with Gasteiger partial charge in [0.15, 0.2) is 0 Å². The van der Waals surface area contributed by atoms with Crippen molar-refractivity contribution in [1.82, 2.24) is 5.32 Å². The molecule has 3 N–H and O–H groups in total. The Morgan fingerprint density at radius 3 is 2.06 bits per heavy atom. The Morgan fingerprint density at radius 2 is 1.42 bits per heavy atom. The lowest BCUT2D eigenvalue weighted by molar-refractivity contribution is 0.916. The minimum Gasteiger partial charge on any atom is -0.382 e. The molecule has 0 atom stereocenters. The van der Waals surface area contributed by atoms with Crippen LogP contribution in [0.1, 0.15) is 31.9 Å². The Morgan fingerprint density at radius 1 is 0.806 bits per heavy atom. The summed E-state index contributed by atoms with van der Waals surface area (Å²) >= 11 is 0. The first-order chi connectivity index (χ1) is 14.8. The third-order valence-electron chi connectivity index (χ3n) is 4.75. The molecule has 162 valence electrons. The first kappa shape index (κ1) is 23.8. The van der Waals surface area contributed by atoms with Crippen LogP contribution in [0.3, 0.4) is 0 Å². The van der Waals surface area contributed by atoms with Crippen LogP contribution < -0.4 is 16.0 Å². The highest BCUT2D eigenvalue weighted by Gasteiger charge is 2.00. The summed E-state index contributed by atoms with van der Waals surface area (Å²) in [7, 11) is 0. The number of rotatable bonds is 11. The molecule has 0 saturated heterocycles. The molecule has 0 saturated carbocycles. The number of allylic oxidation sites excluding steroid dienone is 4. The van der Waals surface area contributed by atoms with Gasteiger partial charge in [0.25, 0.3) is 0 Å². The van der Waals surface area contributed by atoms with Crippen LogP contribution in [0, 0.1) is 6.92 Å². The number of aryl methyl sites for hydroxylation is 1. The van der Waals surface area contributed by atoms with E-state index in [4.69, 9.17) is 0 Å². The Balaban J connectivity index is 1.72. The fraction of sp³-hybridized carbons (Fsp3) is 0.214. The maximum Gasteiger partial charge on any atom is 0.0385 e. The van der Waals surface area contributed by atoms with Crippen molar-refractivity contribution in [3.63, 3.8) is 0 Å². The Bertz CT molecular complexity index is 954. The highest BCUT2D eigenvalue weighted by atomic mass is 14.9. The van der Waals surface area contributed by atoms with Gasteiger partial charge in [0.05, 0.1) is 0 Å². The number of hydrogen-bond donors (Lipinski definition) is 3. The zero-order chi connectivity index (χ0) is 22.6. The molecule has 31 heavy (non-hydrogen) atoms. The second kappa shape index (κ2) is 12.3. The van der Waals surface area contributed by atoms with Gasteiger partial charge in [-0.1, -0.05) is 72.9 Å². The van der Waals surface area contributed by atoms with Gasteiger partial charge in [-0.3, -0.25) is 0 Å². The molecule has 3 heteroatoms. The van der Waals surface area contributed by atoms with E-state index in [0.29, 0.717) is 0 Å². The molecule has 2 aromatic rings. The lowest BCUT2D eigenvalue weighted by Gasteiger charge is -2.11. The molecule has 0 aromatic heterocycles. The Kier molecular flexibility index (Phi) is 9.44. The molecular weight excluding hydrogens is 378 g/mol. The molecule has 0 aliphatic rings. The molecule has 0 bridgehead atoms. The summed E-state index contributed by atoms with van der Waals surface area (Å²) in [6.07, 6.45) is 8.40. The molecule has 3 nitrogen and oxygen atoms in total. The Labute approximate surface area is 188 Å². The van der Waals surface area contributed by atoms with Crippen molar-refractivity contribution in [1.29, 1.82) is 0 Å². The van der Waals surface area contributed by atoms with Crippen LogP contribution in [0.25, 0.3) is 5.70 Å². The minimum absolute atomic E-state index is 0.754. The van der Waals surface area contributed by atoms with Gasteiger partial charge in [-0.25, -0.2) is 0 Å². The van der Waals surface area contributed by atoms with E-state index in [0.717, 1.165) is 47.0 Å². The van der Waals surface area contributed by atoms with Crippen LogP contribution in [-0.2, 0) is 0 Å². The fourth-order valence-corrected chi connectivity index (χ4v) is 2.73. The monoisotopic (exact) mass is 413 g/mol. The average molecular weight is 414 g/mol. The summed E-state index contributed by atoms with van der Waals surface area (Å²) in [4.78, 5) is 0. The zero-order valence-electron chi connectivity index (χ0n) is 19.3. The molecule has 0 heterocycles. The third kappa shape index (κ3) is 8.83. The van der Waals surface area contributed by atoms with E-state index in [1.165, 1.54) is 11.1 Å². The maximum absolute atomic E-state index is 4.14. The van der Waals surface area contributed by atoms with Crippen LogP contribution in [0.4, 0.5) is 11.4 Å². The molecule has 0 unspecified atom stereocenters. The number of hydrogen-bond acceptors (Lipinski definition) is 3. The first-order valence-corrected chi connectivity index (χ1v) is 10.6. The summed E-state index contributed by atoms with van der Waals surface area (Å²) in [5.41, 5.74) is 8.70. The van der Waals surface area contributed by atoms with E-state index in [9.17, 15) is 0 Å². The smallest absolute Gasteiger partial charge is 0.0385 e. The molecule has 2 aromatic carbocycles. The van der Waals surface area contributed by atoms with E-state index < -0.39 is 0 Å². The van der Waals surface area contributed by atoms with Gasteiger partial charge in [0.1, 0.15) is 0 Å². The van der Waals surface area contributed by atoms with Gasteiger partial charge in [-0.05, 0) is 63.1 Å². The Hall–Kier alpha value is -3.46. The largest absolute Gasteiger partial charge is 0.382 e. The first-order valence-electron chi connectivity index (χ1n) is 10.6. The summed E-state index contributed by atoms with van der Waals surface area (Å²) in [5.74, 6) is 0. The van der Waals surface area contributed by atoms with E-state index in [1.54, 1.807) is 0 Å². The van der Waals surface area contributed by atoms with Crippen molar-refractivity contribution >= 4 is 17.1 Å². The van der Waals surface area contributed by atoms with Crippen molar-refractivity contribution < 1.29 is 0 Å². The molecular formula is C28H35N3. The van der Waals surface area contributed by atoms with Gasteiger partial charge >= 0.3 is 0 Å². The number of anilines is 2. The standard InChI is InChI=1S/C28H35N3/c1-21(2)9-12-23(4)24(5)29-19-7-8-20-30-27-15-17-28(18-16-27)31-25(6)26-13-10-22(3)11-14-26/h7-18,29-31H,5-6,19-20H2,1-4H3/b8-7-,23-12+. The third-order valence-corrected chi connectivity index (χ3v) is 4.75. The van der Waals surface area contributed by atoms with Gasteiger partial charge in [0.2, 0.25) is 0 Å². The van der Waals surface area contributed by atoms with Crippen molar-refractivity contribution in [3.05, 3.63) is 114 Å². The van der Waals surface area contributed by atoms with Gasteiger partial charge in [-0.15, -0.1) is 0 Å². The van der Waals surface area contributed by atoms with Crippen molar-refractivity contribution in [2.24, 2.45) is 0 Å². The van der Waals surface area contributed by atoms with Gasteiger partial charge < -0.3 is 16.0 Å². The lowest BCUT2D eigenvalue weighted by atomic mass is 10.1. The average Bonchev–Trinajstić information content (AvgIpc) is 2.75. The van der Waals surface area contributed by atoms with Crippen LogP contribution >= 0.6 is 0 Å². The normalized spacial score (nSPS) is 11.2. The summed E-state index contributed by atoms with van der Waals surface area (Å²) in [6, 6.07) is 16.6. The summed E-state index contributed by atoms with van der Waals surface area (Å²) in [5, 5.41) is 10.1. The molecule has 0 spiro atoms. The van der Waals surface area contributed by atoms with Gasteiger partial charge in [0, 0.05) is 35.9 Å². The summed E-state index contributed by atoms with van der Waals surface area (Å²) in [6.45, 7) is 18.1. The number of benzene rings is 2.